The van der Waals surface area contributed by atoms with Crippen LogP contribution >= 0.6 is 11.3 Å². The van der Waals surface area contributed by atoms with Gasteiger partial charge in [0.25, 0.3) is 0 Å². The highest BCUT2D eigenvalue weighted by Gasteiger charge is 2.17. The van der Waals surface area contributed by atoms with E-state index in [9.17, 15) is 0 Å². The smallest absolute Gasteiger partial charge is 0.191 e. The van der Waals surface area contributed by atoms with Crippen LogP contribution in [0.5, 0.6) is 0 Å². The normalized spacial score (nSPS) is 18.7. The molecule has 0 amide bonds. The number of piperidine rings is 1. The lowest BCUT2D eigenvalue weighted by molar-refractivity contribution is 0.176. The Morgan fingerprint density at radius 1 is 1.15 bits per heavy atom. The Balaban J connectivity index is 1.55. The van der Waals surface area contributed by atoms with Gasteiger partial charge in [0, 0.05) is 31.6 Å². The van der Waals surface area contributed by atoms with Crippen LogP contribution in [0.4, 0.5) is 0 Å². The van der Waals surface area contributed by atoms with Gasteiger partial charge in [-0.3, -0.25) is 9.89 Å². The van der Waals surface area contributed by atoms with Crippen molar-refractivity contribution in [2.75, 3.05) is 20.1 Å². The molecule has 0 bridgehead atoms. The van der Waals surface area contributed by atoms with Gasteiger partial charge in [0.15, 0.2) is 5.96 Å². The molecule has 1 aliphatic heterocycles. The van der Waals surface area contributed by atoms with Gasteiger partial charge < -0.3 is 10.6 Å². The number of hydrogen-bond acceptors (Lipinski definition) is 3. The molecule has 0 radical (unpaired) electrons. The third-order valence-corrected chi connectivity index (χ3v) is 5.81. The number of nitrogens with one attached hydrogen (secondary N) is 2. The van der Waals surface area contributed by atoms with Crippen molar-refractivity contribution in [3.05, 3.63) is 57.8 Å². The van der Waals surface area contributed by atoms with Gasteiger partial charge in [-0.2, -0.15) is 0 Å². The van der Waals surface area contributed by atoms with E-state index in [0.717, 1.165) is 31.5 Å². The summed E-state index contributed by atoms with van der Waals surface area (Å²) in [6.45, 7) is 7.45. The van der Waals surface area contributed by atoms with Crippen molar-refractivity contribution in [2.24, 2.45) is 10.9 Å². The minimum absolute atomic E-state index is 0.795. The summed E-state index contributed by atoms with van der Waals surface area (Å²) in [5.74, 6) is 1.66. The summed E-state index contributed by atoms with van der Waals surface area (Å²) < 4.78 is 0. The van der Waals surface area contributed by atoms with Gasteiger partial charge in [-0.15, -0.1) is 11.3 Å². The van der Waals surface area contributed by atoms with Crippen LogP contribution in [0.3, 0.4) is 0 Å². The molecule has 1 aliphatic rings. The van der Waals surface area contributed by atoms with E-state index in [1.54, 1.807) is 11.3 Å². The molecule has 2 N–H and O–H groups in total. The van der Waals surface area contributed by atoms with Crippen molar-refractivity contribution < 1.29 is 0 Å². The lowest BCUT2D eigenvalue weighted by Gasteiger charge is -2.31. The molecule has 1 atom stereocenters. The first-order valence-corrected chi connectivity index (χ1v) is 10.4. The zero-order valence-corrected chi connectivity index (χ0v) is 16.7. The average Bonchev–Trinajstić information content (AvgIpc) is 3.17. The number of likely N-dealkylation sites (tertiary alicyclic amines) is 1. The fourth-order valence-corrected chi connectivity index (χ4v) is 4.18. The fourth-order valence-electron chi connectivity index (χ4n) is 3.54. The van der Waals surface area contributed by atoms with E-state index in [1.165, 1.54) is 41.9 Å². The van der Waals surface area contributed by atoms with Crippen LogP contribution in [-0.2, 0) is 19.6 Å². The lowest BCUT2D eigenvalue weighted by atomic mass is 9.99. The van der Waals surface area contributed by atoms with E-state index in [4.69, 9.17) is 0 Å². The maximum Gasteiger partial charge on any atom is 0.191 e. The quantitative estimate of drug-likeness (QED) is 0.599. The van der Waals surface area contributed by atoms with Gasteiger partial charge >= 0.3 is 0 Å². The molecule has 0 spiro atoms. The SMILES string of the molecule is CN=C(NCc1cccs1)NCc1ccccc1CN1CCCC(C)C1. The van der Waals surface area contributed by atoms with E-state index >= 15 is 0 Å². The van der Waals surface area contributed by atoms with E-state index < -0.39 is 0 Å². The Kier molecular flexibility index (Phi) is 7.09. The van der Waals surface area contributed by atoms with Crippen LogP contribution in [0.1, 0.15) is 35.8 Å². The van der Waals surface area contributed by atoms with Crippen molar-refractivity contribution in [1.82, 2.24) is 15.5 Å². The van der Waals surface area contributed by atoms with E-state index in [0.29, 0.717) is 0 Å². The van der Waals surface area contributed by atoms with Gasteiger partial charge in [-0.05, 0) is 47.9 Å². The number of benzene rings is 1. The first-order valence-electron chi connectivity index (χ1n) is 9.50. The van der Waals surface area contributed by atoms with E-state index in [-0.39, 0.29) is 0 Å². The van der Waals surface area contributed by atoms with Crippen LogP contribution in [0.2, 0.25) is 0 Å². The Labute approximate surface area is 161 Å². The molecular formula is C21H30N4S. The zero-order valence-electron chi connectivity index (χ0n) is 15.9. The molecule has 1 aromatic heterocycles. The molecule has 5 heteroatoms. The Morgan fingerprint density at radius 2 is 1.96 bits per heavy atom. The molecule has 1 saturated heterocycles. The topological polar surface area (TPSA) is 39.7 Å². The van der Waals surface area contributed by atoms with Gasteiger partial charge in [0.2, 0.25) is 0 Å². The molecule has 2 heterocycles. The van der Waals surface area contributed by atoms with E-state index in [1.807, 2.05) is 7.05 Å². The minimum atomic E-state index is 0.795. The molecule has 3 rings (SSSR count). The molecule has 2 aromatic rings. The molecule has 4 nitrogen and oxygen atoms in total. The molecule has 26 heavy (non-hydrogen) atoms. The second kappa shape index (κ2) is 9.74. The summed E-state index contributed by atoms with van der Waals surface area (Å²) in [6, 6.07) is 13.0. The van der Waals surface area contributed by atoms with Crippen LogP contribution < -0.4 is 10.6 Å². The average molecular weight is 371 g/mol. The maximum absolute atomic E-state index is 4.35. The predicted molar refractivity (Wildman–Crippen MR) is 111 cm³/mol. The third-order valence-electron chi connectivity index (χ3n) is 4.93. The van der Waals surface area contributed by atoms with Crippen LogP contribution in [0, 0.1) is 5.92 Å². The number of rotatable bonds is 6. The number of guanidine groups is 1. The maximum atomic E-state index is 4.35. The van der Waals surface area contributed by atoms with Crippen molar-refractivity contribution in [3.8, 4) is 0 Å². The van der Waals surface area contributed by atoms with Crippen molar-refractivity contribution in [2.45, 2.75) is 39.4 Å². The van der Waals surface area contributed by atoms with Crippen molar-refractivity contribution in [1.29, 1.82) is 0 Å². The Morgan fingerprint density at radius 3 is 2.69 bits per heavy atom. The Bertz CT molecular complexity index is 696. The molecule has 1 fully saturated rings. The molecular weight excluding hydrogens is 340 g/mol. The number of hydrogen-bond donors (Lipinski definition) is 2. The first-order chi connectivity index (χ1) is 12.7. The molecule has 1 unspecified atom stereocenters. The third kappa shape index (κ3) is 5.58. The standard InChI is InChI=1S/C21H30N4S/c1-17-7-5-11-25(15-17)16-19-9-4-3-8-18(19)13-23-21(22-2)24-14-20-10-6-12-26-20/h3-4,6,8-10,12,17H,5,7,11,13-16H2,1-2H3,(H2,22,23,24). The first kappa shape index (κ1) is 18.9. The van der Waals surface area contributed by atoms with Crippen LogP contribution in [0.15, 0.2) is 46.8 Å². The lowest BCUT2D eigenvalue weighted by Crippen LogP contribution is -2.37. The monoisotopic (exact) mass is 370 g/mol. The minimum Gasteiger partial charge on any atom is -0.352 e. The molecule has 0 aliphatic carbocycles. The van der Waals surface area contributed by atoms with Gasteiger partial charge in [0.1, 0.15) is 0 Å². The molecule has 0 saturated carbocycles. The summed E-state index contributed by atoms with van der Waals surface area (Å²) >= 11 is 1.76. The van der Waals surface area contributed by atoms with E-state index in [2.05, 4.69) is 69.2 Å². The predicted octanol–water partition coefficient (Wildman–Crippen LogP) is 3.85. The van der Waals surface area contributed by atoms with Gasteiger partial charge in [-0.1, -0.05) is 37.3 Å². The second-order valence-electron chi connectivity index (χ2n) is 7.11. The zero-order chi connectivity index (χ0) is 18.2. The highest BCUT2D eigenvalue weighted by atomic mass is 32.1. The highest BCUT2D eigenvalue weighted by molar-refractivity contribution is 7.09. The molecule has 1 aromatic carbocycles. The Hall–Kier alpha value is -1.85. The van der Waals surface area contributed by atoms with Crippen LogP contribution in [0.25, 0.3) is 0 Å². The second-order valence-corrected chi connectivity index (χ2v) is 8.14. The summed E-state index contributed by atoms with van der Waals surface area (Å²) in [7, 11) is 1.82. The largest absolute Gasteiger partial charge is 0.352 e. The number of nitrogens with zero attached hydrogens (tertiary/aromatic N) is 2. The van der Waals surface area contributed by atoms with Crippen molar-refractivity contribution in [3.63, 3.8) is 0 Å². The number of thiophene rings is 1. The van der Waals surface area contributed by atoms with Crippen LogP contribution in [-0.4, -0.2) is 31.0 Å². The summed E-state index contributed by atoms with van der Waals surface area (Å²) in [6.07, 6.45) is 2.69. The van der Waals surface area contributed by atoms with Crippen molar-refractivity contribution >= 4 is 17.3 Å². The summed E-state index contributed by atoms with van der Waals surface area (Å²) in [4.78, 5) is 8.25. The number of aliphatic imine (C=N–C) groups is 1. The summed E-state index contributed by atoms with van der Waals surface area (Å²) in [5.41, 5.74) is 2.77. The van der Waals surface area contributed by atoms with Gasteiger partial charge in [-0.25, -0.2) is 0 Å². The molecule has 140 valence electrons. The highest BCUT2D eigenvalue weighted by Crippen LogP contribution is 2.19. The van der Waals surface area contributed by atoms with Gasteiger partial charge in [0.05, 0.1) is 6.54 Å². The summed E-state index contributed by atoms with van der Waals surface area (Å²) in [5, 5.41) is 8.95. The fraction of sp³-hybridized carbons (Fsp3) is 0.476.